The third-order valence-electron chi connectivity index (χ3n) is 2.10. The van der Waals surface area contributed by atoms with Gasteiger partial charge < -0.3 is 5.73 Å². The largest absolute Gasteiger partial charge is 0.323 e. The molecule has 1 aromatic rings. The molecule has 1 aromatic heterocycles. The average Bonchev–Trinajstić information content (AvgIpc) is 2.63. The fourth-order valence-corrected chi connectivity index (χ4v) is 1.82. The lowest BCUT2D eigenvalue weighted by Gasteiger charge is -2.11. The molecule has 0 aromatic carbocycles. The van der Waals surface area contributed by atoms with Crippen LogP contribution in [-0.4, -0.2) is 27.0 Å². The topological polar surface area (TPSA) is 56.7 Å². The molecular weight excluding hydrogens is 196 g/mol. The van der Waals surface area contributed by atoms with E-state index in [2.05, 4.69) is 23.5 Å². The highest BCUT2D eigenvalue weighted by Gasteiger charge is 2.11. The van der Waals surface area contributed by atoms with Crippen molar-refractivity contribution in [2.24, 2.45) is 5.73 Å². The van der Waals surface area contributed by atoms with Gasteiger partial charge in [-0.1, -0.05) is 12.1 Å². The second kappa shape index (κ2) is 6.03. The van der Waals surface area contributed by atoms with Crippen LogP contribution in [0, 0.1) is 0 Å². The van der Waals surface area contributed by atoms with E-state index in [1.807, 2.05) is 16.4 Å². The van der Waals surface area contributed by atoms with Gasteiger partial charge in [-0.05, 0) is 24.9 Å². The van der Waals surface area contributed by atoms with E-state index in [4.69, 9.17) is 5.73 Å². The number of nitrogens with two attached hydrogens (primary N) is 1. The molecule has 80 valence electrons. The summed E-state index contributed by atoms with van der Waals surface area (Å²) in [6.07, 6.45) is 5.92. The summed E-state index contributed by atoms with van der Waals surface area (Å²) in [6.45, 7) is 3.03. The Morgan fingerprint density at radius 3 is 3.07 bits per heavy atom. The molecule has 0 amide bonds. The predicted molar refractivity (Wildman–Crippen MR) is 60.2 cm³/mol. The van der Waals surface area contributed by atoms with Crippen LogP contribution in [0.4, 0.5) is 0 Å². The first kappa shape index (κ1) is 11.5. The molecule has 0 aliphatic rings. The maximum absolute atomic E-state index is 6.04. The number of nitrogens with zero attached hydrogens (tertiary/aromatic N) is 3. The minimum atomic E-state index is 0.0731. The van der Waals surface area contributed by atoms with Gasteiger partial charge in [0.2, 0.25) is 0 Å². The summed E-state index contributed by atoms with van der Waals surface area (Å²) in [4.78, 5) is 0. The first-order valence-corrected chi connectivity index (χ1v) is 6.31. The van der Waals surface area contributed by atoms with Gasteiger partial charge >= 0.3 is 0 Å². The summed E-state index contributed by atoms with van der Waals surface area (Å²) in [7, 11) is 0. The first-order chi connectivity index (χ1) is 6.79. The Bertz CT molecular complexity index is 261. The van der Waals surface area contributed by atoms with Gasteiger partial charge in [0.25, 0.3) is 0 Å². The molecule has 4 nitrogen and oxygen atoms in total. The van der Waals surface area contributed by atoms with E-state index in [9.17, 15) is 0 Å². The van der Waals surface area contributed by atoms with Crippen LogP contribution in [0.5, 0.6) is 0 Å². The van der Waals surface area contributed by atoms with Crippen molar-refractivity contribution in [1.82, 2.24) is 15.0 Å². The van der Waals surface area contributed by atoms with Crippen molar-refractivity contribution in [1.29, 1.82) is 0 Å². The fraction of sp³-hybridized carbons (Fsp3) is 0.778. The highest BCUT2D eigenvalue weighted by atomic mass is 32.2. The SMILES string of the molecule is CCCn1nncc1C(N)CCSC. The molecule has 14 heavy (non-hydrogen) atoms. The normalized spacial score (nSPS) is 13.1. The highest BCUT2D eigenvalue weighted by Crippen LogP contribution is 2.14. The van der Waals surface area contributed by atoms with Gasteiger partial charge in [0, 0.05) is 12.6 Å². The Morgan fingerprint density at radius 1 is 1.64 bits per heavy atom. The molecule has 5 heteroatoms. The number of aromatic nitrogens is 3. The zero-order valence-corrected chi connectivity index (χ0v) is 9.63. The summed E-state index contributed by atoms with van der Waals surface area (Å²) >= 11 is 1.82. The molecular formula is C9H18N4S. The Hall–Kier alpha value is -0.550. The van der Waals surface area contributed by atoms with Crippen LogP contribution in [-0.2, 0) is 6.54 Å². The standard InChI is InChI=1S/C9H18N4S/c1-3-5-13-9(7-11-12-13)8(10)4-6-14-2/h7-8H,3-6,10H2,1-2H3. The third-order valence-corrected chi connectivity index (χ3v) is 2.74. The van der Waals surface area contributed by atoms with E-state index in [-0.39, 0.29) is 6.04 Å². The lowest BCUT2D eigenvalue weighted by atomic mass is 10.2. The minimum absolute atomic E-state index is 0.0731. The number of thioether (sulfide) groups is 1. The molecule has 0 aliphatic carbocycles. The Balaban J connectivity index is 2.58. The molecule has 2 N–H and O–H groups in total. The van der Waals surface area contributed by atoms with Crippen LogP contribution in [0.3, 0.4) is 0 Å². The molecule has 0 saturated carbocycles. The van der Waals surface area contributed by atoms with Crippen molar-refractivity contribution in [3.8, 4) is 0 Å². The fourth-order valence-electron chi connectivity index (χ4n) is 1.33. The van der Waals surface area contributed by atoms with Gasteiger partial charge in [-0.2, -0.15) is 11.8 Å². The molecule has 1 rings (SSSR count). The van der Waals surface area contributed by atoms with Crippen LogP contribution < -0.4 is 5.73 Å². The predicted octanol–water partition coefficient (Wildman–Crippen LogP) is 1.44. The summed E-state index contributed by atoms with van der Waals surface area (Å²) in [5.74, 6) is 1.08. The van der Waals surface area contributed by atoms with Crippen LogP contribution in [0.25, 0.3) is 0 Å². The summed E-state index contributed by atoms with van der Waals surface area (Å²) in [6, 6.07) is 0.0731. The Morgan fingerprint density at radius 2 is 2.43 bits per heavy atom. The summed E-state index contributed by atoms with van der Waals surface area (Å²) < 4.78 is 1.91. The number of rotatable bonds is 6. The highest BCUT2D eigenvalue weighted by molar-refractivity contribution is 7.98. The van der Waals surface area contributed by atoms with Crippen molar-refractivity contribution < 1.29 is 0 Å². The van der Waals surface area contributed by atoms with Gasteiger partial charge in [0.1, 0.15) is 0 Å². The molecule has 0 fully saturated rings. The molecule has 1 heterocycles. The maximum Gasteiger partial charge on any atom is 0.0754 e. The minimum Gasteiger partial charge on any atom is -0.323 e. The molecule has 0 saturated heterocycles. The molecule has 1 atom stereocenters. The van der Waals surface area contributed by atoms with E-state index in [1.54, 1.807) is 6.20 Å². The van der Waals surface area contributed by atoms with Crippen molar-refractivity contribution in [3.05, 3.63) is 11.9 Å². The lowest BCUT2D eigenvalue weighted by molar-refractivity contribution is 0.523. The van der Waals surface area contributed by atoms with Crippen LogP contribution in [0.1, 0.15) is 31.5 Å². The molecule has 1 unspecified atom stereocenters. The zero-order valence-electron chi connectivity index (χ0n) is 8.81. The van der Waals surface area contributed by atoms with Crippen molar-refractivity contribution >= 4 is 11.8 Å². The van der Waals surface area contributed by atoms with Crippen molar-refractivity contribution in [2.45, 2.75) is 32.4 Å². The number of hydrogen-bond acceptors (Lipinski definition) is 4. The monoisotopic (exact) mass is 214 g/mol. The number of aryl methyl sites for hydroxylation is 1. The maximum atomic E-state index is 6.04. The van der Waals surface area contributed by atoms with Crippen molar-refractivity contribution in [2.75, 3.05) is 12.0 Å². The molecule has 0 radical (unpaired) electrons. The van der Waals surface area contributed by atoms with E-state index in [1.165, 1.54) is 0 Å². The lowest BCUT2D eigenvalue weighted by Crippen LogP contribution is -2.17. The number of hydrogen-bond donors (Lipinski definition) is 1. The van der Waals surface area contributed by atoms with E-state index < -0.39 is 0 Å². The van der Waals surface area contributed by atoms with Gasteiger partial charge in [0.15, 0.2) is 0 Å². The van der Waals surface area contributed by atoms with Gasteiger partial charge in [-0.15, -0.1) is 5.10 Å². The van der Waals surface area contributed by atoms with Crippen LogP contribution >= 0.6 is 11.8 Å². The summed E-state index contributed by atoms with van der Waals surface area (Å²) in [5, 5.41) is 7.91. The molecule has 0 aliphatic heterocycles. The zero-order chi connectivity index (χ0) is 10.4. The Labute approximate surface area is 89.2 Å². The van der Waals surface area contributed by atoms with Gasteiger partial charge in [0.05, 0.1) is 11.9 Å². The van der Waals surface area contributed by atoms with E-state index >= 15 is 0 Å². The summed E-state index contributed by atoms with van der Waals surface area (Å²) in [5.41, 5.74) is 7.10. The third kappa shape index (κ3) is 2.99. The second-order valence-electron chi connectivity index (χ2n) is 3.27. The molecule has 0 bridgehead atoms. The first-order valence-electron chi connectivity index (χ1n) is 4.92. The smallest absolute Gasteiger partial charge is 0.0754 e. The average molecular weight is 214 g/mol. The van der Waals surface area contributed by atoms with E-state index in [0.29, 0.717) is 0 Å². The van der Waals surface area contributed by atoms with Gasteiger partial charge in [-0.25, -0.2) is 4.68 Å². The van der Waals surface area contributed by atoms with E-state index in [0.717, 1.165) is 30.8 Å². The molecule has 0 spiro atoms. The van der Waals surface area contributed by atoms with Gasteiger partial charge in [-0.3, -0.25) is 0 Å². The second-order valence-corrected chi connectivity index (χ2v) is 4.26. The van der Waals surface area contributed by atoms with Crippen LogP contribution in [0.15, 0.2) is 6.20 Å². The Kier molecular flexibility index (Phi) is 4.97. The van der Waals surface area contributed by atoms with Crippen molar-refractivity contribution in [3.63, 3.8) is 0 Å². The quantitative estimate of drug-likeness (QED) is 0.778. The van der Waals surface area contributed by atoms with Crippen LogP contribution in [0.2, 0.25) is 0 Å².